The van der Waals surface area contributed by atoms with Crippen LogP contribution in [0.25, 0.3) is 21.7 Å². The van der Waals surface area contributed by atoms with Crippen molar-refractivity contribution >= 4 is 57.2 Å². The van der Waals surface area contributed by atoms with E-state index in [0.717, 1.165) is 27.2 Å². The zero-order chi connectivity index (χ0) is 39.9. The molecular formula is C39H52N10O6. The number of nitrogens with one attached hydrogen (secondary N) is 7. The van der Waals surface area contributed by atoms with Crippen LogP contribution in [0.5, 0.6) is 0 Å². The highest BCUT2D eigenvalue weighted by Gasteiger charge is 2.31. The summed E-state index contributed by atoms with van der Waals surface area (Å²) in [6.45, 7) is 2.04. The lowest BCUT2D eigenvalue weighted by Crippen LogP contribution is -2.58. The van der Waals surface area contributed by atoms with E-state index in [4.69, 9.17) is 22.6 Å². The van der Waals surface area contributed by atoms with E-state index in [9.17, 15) is 29.1 Å². The number of benzene rings is 3. The van der Waals surface area contributed by atoms with E-state index in [1.165, 1.54) is 6.92 Å². The summed E-state index contributed by atoms with van der Waals surface area (Å²) >= 11 is 0. The maximum Gasteiger partial charge on any atom is 0.326 e. The molecule has 0 spiro atoms. The normalized spacial score (nSPS) is 13.9. The summed E-state index contributed by atoms with van der Waals surface area (Å²) in [7, 11) is 0. The molecular weight excluding hydrogens is 704 g/mol. The Morgan fingerprint density at radius 1 is 0.764 bits per heavy atom. The van der Waals surface area contributed by atoms with E-state index >= 15 is 0 Å². The number of aromatic amines is 1. The summed E-state index contributed by atoms with van der Waals surface area (Å²) in [5, 5.41) is 33.2. The van der Waals surface area contributed by atoms with Gasteiger partial charge in [-0.25, -0.2) is 4.79 Å². The second-order valence-electron chi connectivity index (χ2n) is 13.6. The Hall–Kier alpha value is -6.00. The van der Waals surface area contributed by atoms with Gasteiger partial charge in [0, 0.05) is 30.1 Å². The van der Waals surface area contributed by atoms with Gasteiger partial charge in [0.15, 0.2) is 5.96 Å². The number of carboxylic acid groups (broad SMARTS) is 1. The average molecular weight is 757 g/mol. The maximum atomic E-state index is 14.0. The molecule has 0 aliphatic rings. The van der Waals surface area contributed by atoms with Crippen LogP contribution in [0.4, 0.5) is 0 Å². The minimum atomic E-state index is -1.22. The van der Waals surface area contributed by atoms with E-state index < -0.39 is 59.8 Å². The van der Waals surface area contributed by atoms with Gasteiger partial charge in [-0.15, -0.1) is 0 Å². The quantitative estimate of drug-likeness (QED) is 0.0324. The minimum absolute atomic E-state index is 0.0147. The van der Waals surface area contributed by atoms with Crippen LogP contribution in [0.2, 0.25) is 0 Å². The number of aliphatic carboxylic acids is 1. The van der Waals surface area contributed by atoms with Crippen LogP contribution in [-0.4, -0.2) is 88.9 Å². The van der Waals surface area contributed by atoms with E-state index in [0.29, 0.717) is 31.4 Å². The zero-order valence-corrected chi connectivity index (χ0v) is 30.9. The number of aromatic nitrogens is 1. The Labute approximate surface area is 319 Å². The Bertz CT molecular complexity index is 1970. The smallest absolute Gasteiger partial charge is 0.326 e. The Balaban J connectivity index is 1.51. The number of rotatable bonds is 21. The van der Waals surface area contributed by atoms with Gasteiger partial charge in [-0.1, -0.05) is 60.7 Å². The van der Waals surface area contributed by atoms with Gasteiger partial charge >= 0.3 is 5.97 Å². The number of H-pyrrole nitrogens is 1. The molecule has 16 heteroatoms. The standard InChI is InChI=1S/C39H52N10O6/c1-23(34(50)48-32(38(54)55)13-6-7-17-40)46-37(53)33(21-27-22-45-30-12-5-4-11-28(27)30)49-36(52)31(14-8-18-44-39(42)43)47-35(51)29(41)20-24-15-16-25-9-2-3-10-26(25)19-24/h2-5,9-12,15-16,19,22-23,29,31-33,45H,6-8,13-14,17-18,20-21,40-41H2,1H3,(H,46,53)(H,47,51)(H,48,50)(H,49,52)(H,54,55)(H4,42,43,44)/t23-,29-,31-,32-,33-/m0/s1. The van der Waals surface area contributed by atoms with Crippen molar-refractivity contribution in [2.24, 2.45) is 17.2 Å². The molecule has 0 fully saturated rings. The Kier molecular flexibility index (Phi) is 15.5. The summed E-state index contributed by atoms with van der Waals surface area (Å²) in [6.07, 6.45) is 3.63. The highest BCUT2D eigenvalue weighted by Crippen LogP contribution is 2.20. The van der Waals surface area contributed by atoms with E-state index in [-0.39, 0.29) is 38.2 Å². The summed E-state index contributed by atoms with van der Waals surface area (Å²) in [5.41, 5.74) is 19.7. The predicted molar refractivity (Wildman–Crippen MR) is 211 cm³/mol. The molecule has 294 valence electrons. The summed E-state index contributed by atoms with van der Waals surface area (Å²) in [6, 6.07) is 15.4. The van der Waals surface area contributed by atoms with Crippen LogP contribution in [0, 0.1) is 5.41 Å². The minimum Gasteiger partial charge on any atom is -0.480 e. The molecule has 4 amide bonds. The van der Waals surface area contributed by atoms with Gasteiger partial charge in [-0.3, -0.25) is 24.6 Å². The number of fused-ring (bicyclic) bond motifs is 2. The van der Waals surface area contributed by atoms with Crippen molar-refractivity contribution in [3.63, 3.8) is 0 Å². The first kappa shape index (κ1) is 41.8. The van der Waals surface area contributed by atoms with Crippen molar-refractivity contribution in [3.8, 4) is 0 Å². The lowest BCUT2D eigenvalue weighted by Gasteiger charge is -2.26. The number of hydrogen-bond donors (Lipinski definition) is 11. The number of guanidine groups is 1. The SMILES string of the molecule is C[C@H](NC(=O)[C@H](Cc1c[nH]c2ccccc12)NC(=O)[C@H](CCCNC(=N)N)NC(=O)[C@@H](N)Cc1ccc2ccccc2c1)C(=O)N[C@@H](CCCCN)C(=O)O. The van der Waals surface area contributed by atoms with Gasteiger partial charge in [0.25, 0.3) is 0 Å². The molecule has 16 nitrogen and oxygen atoms in total. The molecule has 0 saturated heterocycles. The van der Waals surface area contributed by atoms with Crippen molar-refractivity contribution in [1.29, 1.82) is 5.41 Å². The number of hydrogen-bond acceptors (Lipinski definition) is 8. The fourth-order valence-corrected chi connectivity index (χ4v) is 6.22. The third-order valence-electron chi connectivity index (χ3n) is 9.27. The van der Waals surface area contributed by atoms with Crippen molar-refractivity contribution in [2.45, 2.75) is 82.1 Å². The number of carbonyl (C=O) groups is 5. The molecule has 3 aromatic carbocycles. The molecule has 14 N–H and O–H groups in total. The van der Waals surface area contributed by atoms with Gasteiger partial charge < -0.3 is 53.9 Å². The molecule has 0 radical (unpaired) electrons. The molecule has 0 aliphatic carbocycles. The van der Waals surface area contributed by atoms with Gasteiger partial charge in [-0.05, 0) is 80.0 Å². The molecule has 55 heavy (non-hydrogen) atoms. The van der Waals surface area contributed by atoms with Crippen molar-refractivity contribution in [2.75, 3.05) is 13.1 Å². The third-order valence-corrected chi connectivity index (χ3v) is 9.27. The predicted octanol–water partition coefficient (Wildman–Crippen LogP) is 0.870. The molecule has 0 aliphatic heterocycles. The number of nitrogens with two attached hydrogens (primary N) is 3. The first-order valence-corrected chi connectivity index (χ1v) is 18.4. The van der Waals surface area contributed by atoms with Crippen LogP contribution >= 0.6 is 0 Å². The first-order chi connectivity index (χ1) is 26.4. The number of amides is 4. The second kappa shape index (κ2) is 20.5. The average Bonchev–Trinajstić information content (AvgIpc) is 3.57. The van der Waals surface area contributed by atoms with Gasteiger partial charge in [0.1, 0.15) is 24.2 Å². The molecule has 5 atom stereocenters. The fourth-order valence-electron chi connectivity index (χ4n) is 6.22. The van der Waals surface area contributed by atoms with Crippen LogP contribution in [0.1, 0.15) is 50.2 Å². The van der Waals surface area contributed by atoms with Crippen LogP contribution in [0.3, 0.4) is 0 Å². The van der Waals surface area contributed by atoms with Crippen LogP contribution < -0.4 is 43.8 Å². The summed E-state index contributed by atoms with van der Waals surface area (Å²) in [5.74, 6) is -4.12. The lowest BCUT2D eigenvalue weighted by molar-refractivity contribution is -0.142. The largest absolute Gasteiger partial charge is 0.480 e. The number of unbranched alkanes of at least 4 members (excludes halogenated alkanes) is 1. The summed E-state index contributed by atoms with van der Waals surface area (Å²) < 4.78 is 0. The highest BCUT2D eigenvalue weighted by molar-refractivity contribution is 5.96. The molecule has 0 saturated carbocycles. The van der Waals surface area contributed by atoms with Crippen molar-refractivity contribution in [1.82, 2.24) is 31.6 Å². The van der Waals surface area contributed by atoms with E-state index in [1.54, 1.807) is 6.20 Å². The highest BCUT2D eigenvalue weighted by atomic mass is 16.4. The van der Waals surface area contributed by atoms with Crippen molar-refractivity contribution in [3.05, 3.63) is 84.1 Å². The first-order valence-electron chi connectivity index (χ1n) is 18.4. The lowest BCUT2D eigenvalue weighted by atomic mass is 10.0. The summed E-state index contributed by atoms with van der Waals surface area (Å²) in [4.78, 5) is 69.3. The molecule has 1 heterocycles. The molecule has 4 aromatic rings. The molecule has 0 unspecified atom stereocenters. The van der Waals surface area contributed by atoms with Crippen LogP contribution in [0.15, 0.2) is 72.9 Å². The van der Waals surface area contributed by atoms with Gasteiger partial charge in [-0.2, -0.15) is 0 Å². The van der Waals surface area contributed by atoms with E-state index in [1.807, 2.05) is 66.7 Å². The van der Waals surface area contributed by atoms with Gasteiger partial charge in [0.2, 0.25) is 23.6 Å². The maximum absolute atomic E-state index is 14.0. The molecule has 1 aromatic heterocycles. The number of para-hydroxylation sites is 1. The number of carboxylic acids is 1. The second-order valence-corrected chi connectivity index (χ2v) is 13.6. The van der Waals surface area contributed by atoms with Crippen molar-refractivity contribution < 1.29 is 29.1 Å². The van der Waals surface area contributed by atoms with Gasteiger partial charge in [0.05, 0.1) is 6.04 Å². The Morgan fingerprint density at radius 3 is 2.15 bits per heavy atom. The third kappa shape index (κ3) is 12.5. The Morgan fingerprint density at radius 2 is 1.42 bits per heavy atom. The monoisotopic (exact) mass is 756 g/mol. The molecule has 4 rings (SSSR count). The zero-order valence-electron chi connectivity index (χ0n) is 30.9. The fraction of sp³-hybridized carbons (Fsp3) is 0.385. The van der Waals surface area contributed by atoms with Crippen LogP contribution in [-0.2, 0) is 36.8 Å². The van der Waals surface area contributed by atoms with E-state index in [2.05, 4.69) is 31.6 Å². The molecule has 0 bridgehead atoms. The topological polar surface area (TPSA) is 283 Å². The number of carbonyl (C=O) groups excluding carboxylic acids is 4.